The van der Waals surface area contributed by atoms with Crippen LogP contribution in [0.3, 0.4) is 0 Å². The Bertz CT molecular complexity index is 989. The molecule has 4 rings (SSSR count). The highest BCUT2D eigenvalue weighted by Gasteiger charge is 2.23. The SMILES string of the molecule is COc1cccc2c1CCCC2CN(C)CCc1ccc2[nH]c(=O)[nH]c2c1. The normalized spacial score (nSPS) is 16.6. The number of imidazole rings is 1. The van der Waals surface area contributed by atoms with E-state index in [0.717, 1.165) is 42.7 Å². The number of methoxy groups -OCH3 is 1. The number of aromatic amines is 2. The first-order valence-corrected chi connectivity index (χ1v) is 9.69. The minimum atomic E-state index is -0.148. The fourth-order valence-corrected chi connectivity index (χ4v) is 4.32. The van der Waals surface area contributed by atoms with E-state index in [1.165, 1.54) is 29.5 Å². The number of benzene rings is 2. The molecule has 5 heteroatoms. The van der Waals surface area contributed by atoms with Gasteiger partial charge < -0.3 is 19.6 Å². The number of ether oxygens (including phenoxy) is 1. The van der Waals surface area contributed by atoms with E-state index in [1.807, 2.05) is 6.07 Å². The van der Waals surface area contributed by atoms with Crippen molar-refractivity contribution in [3.8, 4) is 5.75 Å². The van der Waals surface area contributed by atoms with E-state index in [0.29, 0.717) is 5.92 Å². The Labute approximate surface area is 159 Å². The van der Waals surface area contributed by atoms with Gasteiger partial charge in [-0.1, -0.05) is 18.2 Å². The topological polar surface area (TPSA) is 61.1 Å². The van der Waals surface area contributed by atoms with Gasteiger partial charge in [0.15, 0.2) is 0 Å². The highest BCUT2D eigenvalue weighted by molar-refractivity contribution is 5.75. The first kappa shape index (κ1) is 17.9. The lowest BCUT2D eigenvalue weighted by atomic mass is 9.82. The van der Waals surface area contributed by atoms with E-state index in [-0.39, 0.29) is 5.69 Å². The van der Waals surface area contributed by atoms with Gasteiger partial charge in [-0.3, -0.25) is 0 Å². The number of aromatic nitrogens is 2. The van der Waals surface area contributed by atoms with Crippen LogP contribution in [0.25, 0.3) is 11.0 Å². The molecular formula is C22H27N3O2. The summed E-state index contributed by atoms with van der Waals surface area (Å²) >= 11 is 0. The minimum Gasteiger partial charge on any atom is -0.496 e. The fourth-order valence-electron chi connectivity index (χ4n) is 4.32. The van der Waals surface area contributed by atoms with Crippen LogP contribution >= 0.6 is 0 Å². The highest BCUT2D eigenvalue weighted by Crippen LogP contribution is 2.36. The molecule has 5 nitrogen and oxygen atoms in total. The molecule has 0 amide bonds. The van der Waals surface area contributed by atoms with Gasteiger partial charge in [-0.25, -0.2) is 4.79 Å². The van der Waals surface area contributed by atoms with E-state index in [1.54, 1.807) is 7.11 Å². The number of nitrogens with zero attached hydrogens (tertiary/aromatic N) is 1. The van der Waals surface area contributed by atoms with Crippen molar-refractivity contribution in [1.29, 1.82) is 0 Å². The maximum atomic E-state index is 11.4. The molecule has 1 aromatic heterocycles. The van der Waals surface area contributed by atoms with Gasteiger partial charge in [-0.15, -0.1) is 0 Å². The van der Waals surface area contributed by atoms with Gasteiger partial charge in [-0.2, -0.15) is 0 Å². The molecule has 3 aromatic rings. The highest BCUT2D eigenvalue weighted by atomic mass is 16.5. The Morgan fingerprint density at radius 2 is 2.04 bits per heavy atom. The van der Waals surface area contributed by atoms with Crippen molar-refractivity contribution in [2.24, 2.45) is 0 Å². The summed E-state index contributed by atoms with van der Waals surface area (Å²) in [5.41, 5.74) is 5.70. The maximum absolute atomic E-state index is 11.4. The predicted molar refractivity (Wildman–Crippen MR) is 109 cm³/mol. The van der Waals surface area contributed by atoms with E-state index in [4.69, 9.17) is 4.74 Å². The summed E-state index contributed by atoms with van der Waals surface area (Å²) in [6.07, 6.45) is 4.55. The molecule has 0 fully saturated rings. The third kappa shape index (κ3) is 3.78. The number of likely N-dealkylation sites (N-methyl/N-ethyl adjacent to an activating group) is 1. The number of nitrogens with one attached hydrogen (secondary N) is 2. The molecule has 0 bridgehead atoms. The van der Waals surface area contributed by atoms with E-state index in [2.05, 4.69) is 52.2 Å². The zero-order valence-electron chi connectivity index (χ0n) is 16.0. The zero-order valence-corrected chi connectivity index (χ0v) is 16.0. The Kier molecular flexibility index (Phi) is 5.03. The Morgan fingerprint density at radius 3 is 2.89 bits per heavy atom. The van der Waals surface area contributed by atoms with Gasteiger partial charge in [0.2, 0.25) is 0 Å². The molecule has 0 spiro atoms. The van der Waals surface area contributed by atoms with Crippen molar-refractivity contribution in [1.82, 2.24) is 14.9 Å². The average molecular weight is 365 g/mol. The molecule has 1 aliphatic rings. The first-order valence-electron chi connectivity index (χ1n) is 9.69. The number of hydrogen-bond donors (Lipinski definition) is 2. The summed E-state index contributed by atoms with van der Waals surface area (Å²) < 4.78 is 5.57. The second kappa shape index (κ2) is 7.61. The van der Waals surface area contributed by atoms with Crippen LogP contribution in [0.15, 0.2) is 41.2 Å². The van der Waals surface area contributed by atoms with Crippen LogP contribution in [0.4, 0.5) is 0 Å². The van der Waals surface area contributed by atoms with Gasteiger partial charge in [0.25, 0.3) is 0 Å². The summed E-state index contributed by atoms with van der Waals surface area (Å²) in [5, 5.41) is 0. The maximum Gasteiger partial charge on any atom is 0.323 e. The molecule has 2 aromatic carbocycles. The third-order valence-electron chi connectivity index (χ3n) is 5.70. The zero-order chi connectivity index (χ0) is 18.8. The van der Waals surface area contributed by atoms with E-state index >= 15 is 0 Å². The van der Waals surface area contributed by atoms with Crippen molar-refractivity contribution in [2.75, 3.05) is 27.2 Å². The second-order valence-corrected chi connectivity index (χ2v) is 7.59. The summed E-state index contributed by atoms with van der Waals surface area (Å²) in [4.78, 5) is 19.5. The van der Waals surface area contributed by atoms with E-state index < -0.39 is 0 Å². The molecule has 0 saturated carbocycles. The van der Waals surface area contributed by atoms with Crippen LogP contribution in [0, 0.1) is 0 Å². The van der Waals surface area contributed by atoms with Crippen LogP contribution in [0.5, 0.6) is 5.75 Å². The number of fused-ring (bicyclic) bond motifs is 2. The Morgan fingerprint density at radius 1 is 1.19 bits per heavy atom. The van der Waals surface area contributed by atoms with Crippen molar-refractivity contribution < 1.29 is 4.74 Å². The van der Waals surface area contributed by atoms with Gasteiger partial charge in [0, 0.05) is 13.1 Å². The minimum absolute atomic E-state index is 0.148. The van der Waals surface area contributed by atoms with Crippen LogP contribution in [-0.2, 0) is 12.8 Å². The molecule has 0 aliphatic heterocycles. The molecule has 2 N–H and O–H groups in total. The van der Waals surface area contributed by atoms with Crippen LogP contribution < -0.4 is 10.4 Å². The quantitative estimate of drug-likeness (QED) is 0.703. The van der Waals surface area contributed by atoms with Gasteiger partial charge in [0.05, 0.1) is 18.1 Å². The fraction of sp³-hybridized carbons (Fsp3) is 0.409. The van der Waals surface area contributed by atoms with Crippen molar-refractivity contribution in [3.05, 3.63) is 63.6 Å². The third-order valence-corrected chi connectivity index (χ3v) is 5.70. The lowest BCUT2D eigenvalue weighted by Crippen LogP contribution is -2.28. The molecule has 1 heterocycles. The molecule has 1 aliphatic carbocycles. The van der Waals surface area contributed by atoms with Gasteiger partial charge in [0.1, 0.15) is 5.75 Å². The standard InChI is InChI=1S/C22H27N3O2/c1-25(12-11-15-9-10-19-20(13-15)24-22(26)23-19)14-16-5-3-7-18-17(16)6-4-8-21(18)27-2/h4,6,8-10,13,16H,3,5,7,11-12,14H2,1-2H3,(H2,23,24,26). The number of rotatable bonds is 6. The molecule has 0 saturated heterocycles. The molecule has 0 radical (unpaired) electrons. The summed E-state index contributed by atoms with van der Waals surface area (Å²) in [7, 11) is 3.96. The number of H-pyrrole nitrogens is 2. The molecular weight excluding hydrogens is 338 g/mol. The lowest BCUT2D eigenvalue weighted by molar-refractivity contribution is 0.299. The smallest absolute Gasteiger partial charge is 0.323 e. The number of hydrogen-bond acceptors (Lipinski definition) is 3. The lowest BCUT2D eigenvalue weighted by Gasteiger charge is -2.30. The first-order chi connectivity index (χ1) is 13.1. The summed E-state index contributed by atoms with van der Waals surface area (Å²) in [6.45, 7) is 2.05. The largest absolute Gasteiger partial charge is 0.496 e. The molecule has 1 atom stereocenters. The summed E-state index contributed by atoms with van der Waals surface area (Å²) in [5.74, 6) is 1.60. The average Bonchev–Trinajstić information content (AvgIpc) is 3.05. The van der Waals surface area contributed by atoms with Crippen LogP contribution in [0.2, 0.25) is 0 Å². The van der Waals surface area contributed by atoms with Crippen molar-refractivity contribution in [3.63, 3.8) is 0 Å². The Hall–Kier alpha value is -2.53. The predicted octanol–water partition coefficient (Wildman–Crippen LogP) is 3.46. The monoisotopic (exact) mass is 365 g/mol. The molecule has 142 valence electrons. The van der Waals surface area contributed by atoms with Crippen molar-refractivity contribution in [2.45, 2.75) is 31.6 Å². The van der Waals surface area contributed by atoms with E-state index in [9.17, 15) is 4.79 Å². The van der Waals surface area contributed by atoms with Crippen LogP contribution in [-0.4, -0.2) is 42.1 Å². The van der Waals surface area contributed by atoms with Crippen LogP contribution in [0.1, 0.15) is 35.4 Å². The Balaban J connectivity index is 1.41. The van der Waals surface area contributed by atoms with Gasteiger partial charge >= 0.3 is 5.69 Å². The van der Waals surface area contributed by atoms with Crippen molar-refractivity contribution >= 4 is 11.0 Å². The molecule has 1 unspecified atom stereocenters. The second-order valence-electron chi connectivity index (χ2n) is 7.59. The molecule has 27 heavy (non-hydrogen) atoms. The van der Waals surface area contributed by atoms with Gasteiger partial charge in [-0.05, 0) is 73.5 Å². The summed E-state index contributed by atoms with van der Waals surface area (Å²) in [6, 6.07) is 12.6.